The third-order valence-corrected chi connectivity index (χ3v) is 2.13. The predicted octanol–water partition coefficient (Wildman–Crippen LogP) is -0.324. The van der Waals surface area contributed by atoms with Crippen molar-refractivity contribution in [1.82, 2.24) is 24.5 Å². The van der Waals surface area contributed by atoms with Gasteiger partial charge in [0.05, 0.1) is 18.6 Å². The molecule has 80 valence electrons. The van der Waals surface area contributed by atoms with Gasteiger partial charge in [-0.3, -0.25) is 4.68 Å². The second-order valence-corrected chi connectivity index (χ2v) is 3.31. The molecule has 2 aromatic heterocycles. The number of hydrogen-bond acceptors (Lipinski definition) is 4. The Hall–Kier alpha value is -1.69. The smallest absolute Gasteiger partial charge is 0.0946 e. The summed E-state index contributed by atoms with van der Waals surface area (Å²) in [4.78, 5) is 3.97. The molecule has 0 aliphatic rings. The highest BCUT2D eigenvalue weighted by Crippen LogP contribution is 1.95. The van der Waals surface area contributed by atoms with Crippen LogP contribution in [0, 0.1) is 0 Å². The standard InChI is InChI=1S/C9H14N6/c10-2-1-9-7-15(13-12-9)6-5-14-4-3-11-8-14/h3-4,7-8H,1-2,5-6,10H2. The molecule has 0 aromatic carbocycles. The van der Waals surface area contributed by atoms with E-state index in [9.17, 15) is 0 Å². The molecule has 15 heavy (non-hydrogen) atoms. The molecule has 0 saturated carbocycles. The van der Waals surface area contributed by atoms with E-state index in [-0.39, 0.29) is 0 Å². The summed E-state index contributed by atoms with van der Waals surface area (Å²) >= 11 is 0. The Morgan fingerprint density at radius 3 is 3.00 bits per heavy atom. The zero-order valence-corrected chi connectivity index (χ0v) is 8.45. The van der Waals surface area contributed by atoms with E-state index in [0.717, 1.165) is 25.2 Å². The predicted molar refractivity (Wildman–Crippen MR) is 55.0 cm³/mol. The van der Waals surface area contributed by atoms with Crippen LogP contribution in [0.4, 0.5) is 0 Å². The van der Waals surface area contributed by atoms with Crippen LogP contribution in [0.3, 0.4) is 0 Å². The number of nitrogens with zero attached hydrogens (tertiary/aromatic N) is 5. The average molecular weight is 206 g/mol. The molecule has 0 saturated heterocycles. The first-order valence-corrected chi connectivity index (χ1v) is 4.93. The Balaban J connectivity index is 1.88. The van der Waals surface area contributed by atoms with Crippen LogP contribution in [-0.4, -0.2) is 31.1 Å². The lowest BCUT2D eigenvalue weighted by atomic mass is 10.3. The van der Waals surface area contributed by atoms with Gasteiger partial charge in [-0.05, 0) is 6.54 Å². The molecule has 2 aromatic rings. The maximum absolute atomic E-state index is 5.43. The third-order valence-electron chi connectivity index (χ3n) is 2.13. The van der Waals surface area contributed by atoms with E-state index in [4.69, 9.17) is 5.73 Å². The maximum atomic E-state index is 5.43. The van der Waals surface area contributed by atoms with Gasteiger partial charge in [0, 0.05) is 31.6 Å². The Kier molecular flexibility index (Phi) is 3.08. The Labute approximate surface area is 87.7 Å². The van der Waals surface area contributed by atoms with E-state index >= 15 is 0 Å². The average Bonchev–Trinajstić information content (AvgIpc) is 2.85. The summed E-state index contributed by atoms with van der Waals surface area (Å²) in [6.45, 7) is 2.26. The van der Waals surface area contributed by atoms with Gasteiger partial charge in [0.2, 0.25) is 0 Å². The van der Waals surface area contributed by atoms with Crippen LogP contribution in [0.1, 0.15) is 5.69 Å². The third kappa shape index (κ3) is 2.63. The van der Waals surface area contributed by atoms with Crippen molar-refractivity contribution in [2.75, 3.05) is 6.54 Å². The number of aryl methyl sites for hydroxylation is 2. The van der Waals surface area contributed by atoms with Crippen molar-refractivity contribution in [3.63, 3.8) is 0 Å². The maximum Gasteiger partial charge on any atom is 0.0946 e. The van der Waals surface area contributed by atoms with E-state index in [0.29, 0.717) is 6.54 Å². The first-order chi connectivity index (χ1) is 7.38. The number of hydrogen-bond donors (Lipinski definition) is 1. The number of imidazole rings is 1. The highest BCUT2D eigenvalue weighted by Gasteiger charge is 1.99. The summed E-state index contributed by atoms with van der Waals surface area (Å²) in [6, 6.07) is 0. The van der Waals surface area contributed by atoms with E-state index in [2.05, 4.69) is 15.3 Å². The molecule has 6 nitrogen and oxygen atoms in total. The molecule has 0 atom stereocenters. The molecule has 0 unspecified atom stereocenters. The first-order valence-electron chi connectivity index (χ1n) is 4.93. The zero-order valence-electron chi connectivity index (χ0n) is 8.45. The molecule has 0 radical (unpaired) electrons. The molecular weight excluding hydrogens is 192 g/mol. The lowest BCUT2D eigenvalue weighted by Crippen LogP contribution is -2.06. The lowest BCUT2D eigenvalue weighted by Gasteiger charge is -2.00. The normalized spacial score (nSPS) is 10.7. The van der Waals surface area contributed by atoms with Crippen molar-refractivity contribution in [2.24, 2.45) is 5.73 Å². The van der Waals surface area contributed by atoms with Crippen LogP contribution in [-0.2, 0) is 19.5 Å². The molecule has 0 fully saturated rings. The van der Waals surface area contributed by atoms with E-state index in [1.54, 1.807) is 12.5 Å². The molecule has 0 amide bonds. The van der Waals surface area contributed by atoms with Crippen LogP contribution < -0.4 is 5.73 Å². The van der Waals surface area contributed by atoms with E-state index < -0.39 is 0 Å². The van der Waals surface area contributed by atoms with Crippen molar-refractivity contribution in [3.05, 3.63) is 30.6 Å². The molecule has 2 rings (SSSR count). The molecule has 0 aliphatic heterocycles. The van der Waals surface area contributed by atoms with Crippen molar-refractivity contribution in [1.29, 1.82) is 0 Å². The minimum atomic E-state index is 0.611. The second kappa shape index (κ2) is 4.70. The van der Waals surface area contributed by atoms with Gasteiger partial charge in [-0.1, -0.05) is 5.21 Å². The number of aromatic nitrogens is 5. The monoisotopic (exact) mass is 206 g/mol. The van der Waals surface area contributed by atoms with Crippen molar-refractivity contribution >= 4 is 0 Å². The van der Waals surface area contributed by atoms with Gasteiger partial charge in [0.1, 0.15) is 0 Å². The van der Waals surface area contributed by atoms with Crippen molar-refractivity contribution in [2.45, 2.75) is 19.5 Å². The number of rotatable bonds is 5. The van der Waals surface area contributed by atoms with Gasteiger partial charge in [-0.15, -0.1) is 5.10 Å². The molecule has 0 bridgehead atoms. The van der Waals surface area contributed by atoms with Gasteiger partial charge in [-0.25, -0.2) is 4.98 Å². The fourth-order valence-electron chi connectivity index (χ4n) is 1.35. The lowest BCUT2D eigenvalue weighted by molar-refractivity contribution is 0.519. The minimum absolute atomic E-state index is 0.611. The van der Waals surface area contributed by atoms with Crippen molar-refractivity contribution < 1.29 is 0 Å². The fraction of sp³-hybridized carbons (Fsp3) is 0.444. The first kappa shape index (κ1) is 9.85. The van der Waals surface area contributed by atoms with Crippen LogP contribution in [0.25, 0.3) is 0 Å². The summed E-state index contributed by atoms with van der Waals surface area (Å²) < 4.78 is 3.83. The summed E-state index contributed by atoms with van der Waals surface area (Å²) in [7, 11) is 0. The quantitative estimate of drug-likeness (QED) is 0.727. The number of nitrogens with two attached hydrogens (primary N) is 1. The second-order valence-electron chi connectivity index (χ2n) is 3.31. The summed E-state index contributed by atoms with van der Waals surface area (Å²) in [5.74, 6) is 0. The Morgan fingerprint density at radius 1 is 1.33 bits per heavy atom. The Morgan fingerprint density at radius 2 is 2.27 bits per heavy atom. The molecule has 2 heterocycles. The molecule has 0 aliphatic carbocycles. The van der Waals surface area contributed by atoms with Crippen LogP contribution >= 0.6 is 0 Å². The summed E-state index contributed by atoms with van der Waals surface area (Å²) in [6.07, 6.45) is 8.20. The zero-order chi connectivity index (χ0) is 10.5. The molecule has 6 heteroatoms. The highest BCUT2D eigenvalue weighted by atomic mass is 15.4. The topological polar surface area (TPSA) is 74.5 Å². The van der Waals surface area contributed by atoms with Crippen molar-refractivity contribution in [3.8, 4) is 0 Å². The SMILES string of the molecule is NCCc1cn(CCn2ccnc2)nn1. The summed E-state index contributed by atoms with van der Waals surface area (Å²) in [5.41, 5.74) is 6.38. The molecule has 0 spiro atoms. The van der Waals surface area contributed by atoms with Gasteiger partial charge >= 0.3 is 0 Å². The van der Waals surface area contributed by atoms with Crippen LogP contribution in [0.15, 0.2) is 24.9 Å². The minimum Gasteiger partial charge on any atom is -0.336 e. The molecular formula is C9H14N6. The Bertz CT molecular complexity index is 390. The summed E-state index contributed by atoms with van der Waals surface area (Å²) in [5, 5.41) is 8.03. The largest absolute Gasteiger partial charge is 0.336 e. The van der Waals surface area contributed by atoms with Gasteiger partial charge in [0.25, 0.3) is 0 Å². The van der Waals surface area contributed by atoms with E-state index in [1.807, 2.05) is 21.6 Å². The van der Waals surface area contributed by atoms with Gasteiger partial charge in [-0.2, -0.15) is 0 Å². The highest BCUT2D eigenvalue weighted by molar-refractivity contribution is 4.92. The molecule has 2 N–H and O–H groups in total. The van der Waals surface area contributed by atoms with Crippen LogP contribution in [0.2, 0.25) is 0 Å². The fourth-order valence-corrected chi connectivity index (χ4v) is 1.35. The van der Waals surface area contributed by atoms with E-state index in [1.165, 1.54) is 0 Å². The van der Waals surface area contributed by atoms with Gasteiger partial charge in [0.15, 0.2) is 0 Å². The van der Waals surface area contributed by atoms with Gasteiger partial charge < -0.3 is 10.3 Å². The van der Waals surface area contributed by atoms with Crippen LogP contribution in [0.5, 0.6) is 0 Å².